The molecule has 0 bridgehead atoms. The first-order valence-electron chi connectivity index (χ1n) is 7.19. The van der Waals surface area contributed by atoms with Crippen molar-refractivity contribution in [1.29, 1.82) is 0 Å². The van der Waals surface area contributed by atoms with Crippen molar-refractivity contribution < 1.29 is 4.79 Å². The van der Waals surface area contributed by atoms with Crippen LogP contribution in [0.3, 0.4) is 0 Å². The Bertz CT molecular complexity index is 703. The van der Waals surface area contributed by atoms with E-state index in [0.29, 0.717) is 22.2 Å². The highest BCUT2D eigenvalue weighted by molar-refractivity contribution is 6.42. The van der Waals surface area contributed by atoms with Crippen molar-refractivity contribution in [2.24, 2.45) is 0 Å². The second-order valence-electron chi connectivity index (χ2n) is 5.29. The summed E-state index contributed by atoms with van der Waals surface area (Å²) in [6, 6.07) is 13.4. The van der Waals surface area contributed by atoms with Crippen molar-refractivity contribution >= 4 is 29.1 Å². The molecule has 1 heterocycles. The first kappa shape index (κ1) is 15.3. The van der Waals surface area contributed by atoms with Gasteiger partial charge in [0.15, 0.2) is 0 Å². The van der Waals surface area contributed by atoms with Gasteiger partial charge in [0.2, 0.25) is 0 Å². The Morgan fingerprint density at radius 2 is 2.00 bits per heavy atom. The van der Waals surface area contributed by atoms with Gasteiger partial charge in [-0.05, 0) is 42.3 Å². The van der Waals surface area contributed by atoms with Crippen LogP contribution in [0, 0.1) is 0 Å². The summed E-state index contributed by atoms with van der Waals surface area (Å²) in [5.41, 5.74) is 3.11. The van der Waals surface area contributed by atoms with Crippen molar-refractivity contribution in [2.45, 2.75) is 12.5 Å². The van der Waals surface area contributed by atoms with Gasteiger partial charge in [0.05, 0.1) is 10.0 Å². The number of nitrogens with one attached hydrogen (secondary N) is 2. The molecule has 0 fully saturated rings. The Hall–Kier alpha value is -1.55. The lowest BCUT2D eigenvalue weighted by Crippen LogP contribution is -2.38. The van der Waals surface area contributed by atoms with Crippen LogP contribution < -0.4 is 10.6 Å². The van der Waals surface area contributed by atoms with Gasteiger partial charge in [0.1, 0.15) is 0 Å². The molecule has 0 saturated carbocycles. The third-order valence-corrected chi connectivity index (χ3v) is 4.60. The number of carbonyl (C=O) groups is 1. The number of halogens is 2. The van der Waals surface area contributed by atoms with Gasteiger partial charge in [-0.1, -0.05) is 47.5 Å². The molecule has 0 saturated heterocycles. The monoisotopic (exact) mass is 334 g/mol. The minimum absolute atomic E-state index is 0.136. The Labute approximate surface area is 139 Å². The number of amides is 1. The van der Waals surface area contributed by atoms with Gasteiger partial charge in [-0.2, -0.15) is 0 Å². The highest BCUT2D eigenvalue weighted by Gasteiger charge is 2.19. The number of hydrogen-bond acceptors (Lipinski definition) is 2. The molecule has 0 aromatic heterocycles. The molecule has 0 aliphatic carbocycles. The lowest BCUT2D eigenvalue weighted by molar-refractivity contribution is 0.0949. The molecule has 3 nitrogen and oxygen atoms in total. The van der Waals surface area contributed by atoms with Crippen LogP contribution >= 0.6 is 23.2 Å². The van der Waals surface area contributed by atoms with Gasteiger partial charge in [0, 0.05) is 18.2 Å². The Kier molecular flexibility index (Phi) is 4.67. The molecule has 2 N–H and O–H groups in total. The molecule has 1 atom stereocenters. The van der Waals surface area contributed by atoms with Crippen molar-refractivity contribution in [2.75, 3.05) is 13.1 Å². The summed E-state index contributed by atoms with van der Waals surface area (Å²) in [7, 11) is 0. The fourth-order valence-corrected chi connectivity index (χ4v) is 3.01. The quantitative estimate of drug-likeness (QED) is 0.900. The molecule has 1 aliphatic rings. The largest absolute Gasteiger partial charge is 0.350 e. The van der Waals surface area contributed by atoms with E-state index in [1.54, 1.807) is 18.2 Å². The van der Waals surface area contributed by atoms with Gasteiger partial charge in [0.25, 0.3) is 5.91 Å². The normalized spacial score (nSPS) is 16.9. The number of hydrogen-bond donors (Lipinski definition) is 2. The standard InChI is InChI=1S/C17H16Cl2N2O/c18-14-6-5-12(9-15(14)19)17(22)21-10-16-13-4-2-1-3-11(13)7-8-20-16/h1-6,9,16,20H,7-8,10H2,(H,21,22). The Morgan fingerprint density at radius 3 is 2.82 bits per heavy atom. The van der Waals surface area contributed by atoms with E-state index in [1.807, 2.05) is 6.07 Å². The molecule has 1 unspecified atom stereocenters. The smallest absolute Gasteiger partial charge is 0.251 e. The van der Waals surface area contributed by atoms with Crippen molar-refractivity contribution in [3.05, 3.63) is 69.2 Å². The van der Waals surface area contributed by atoms with Gasteiger partial charge >= 0.3 is 0 Å². The molecule has 2 aromatic rings. The van der Waals surface area contributed by atoms with E-state index in [4.69, 9.17) is 23.2 Å². The maximum absolute atomic E-state index is 12.2. The highest BCUT2D eigenvalue weighted by Crippen LogP contribution is 2.24. The van der Waals surface area contributed by atoms with E-state index in [-0.39, 0.29) is 11.9 Å². The zero-order valence-electron chi connectivity index (χ0n) is 11.9. The molecular weight excluding hydrogens is 319 g/mol. The molecular formula is C17H16Cl2N2O. The predicted octanol–water partition coefficient (Wildman–Crippen LogP) is 3.61. The molecule has 1 amide bonds. The molecule has 5 heteroatoms. The molecule has 22 heavy (non-hydrogen) atoms. The summed E-state index contributed by atoms with van der Waals surface area (Å²) in [5.74, 6) is -0.150. The molecule has 114 valence electrons. The summed E-state index contributed by atoms with van der Waals surface area (Å²) in [4.78, 5) is 12.2. The van der Waals surface area contributed by atoms with Gasteiger partial charge < -0.3 is 10.6 Å². The molecule has 2 aromatic carbocycles. The zero-order chi connectivity index (χ0) is 15.5. The average Bonchev–Trinajstić information content (AvgIpc) is 2.55. The number of benzene rings is 2. The van der Waals surface area contributed by atoms with Crippen LogP contribution in [0.15, 0.2) is 42.5 Å². The average molecular weight is 335 g/mol. The minimum atomic E-state index is -0.150. The Balaban J connectivity index is 1.68. The number of rotatable bonds is 3. The second-order valence-corrected chi connectivity index (χ2v) is 6.11. The zero-order valence-corrected chi connectivity index (χ0v) is 13.4. The van der Waals surface area contributed by atoms with Crippen LogP contribution in [0.1, 0.15) is 27.5 Å². The SMILES string of the molecule is O=C(NCC1NCCc2ccccc21)c1ccc(Cl)c(Cl)c1. The summed E-state index contributed by atoms with van der Waals surface area (Å²) in [5, 5.41) is 7.22. The van der Waals surface area contributed by atoms with Crippen LogP contribution in [-0.4, -0.2) is 19.0 Å². The third kappa shape index (κ3) is 3.27. The summed E-state index contributed by atoms with van der Waals surface area (Å²) in [6.07, 6.45) is 1.02. The van der Waals surface area contributed by atoms with E-state index >= 15 is 0 Å². The minimum Gasteiger partial charge on any atom is -0.350 e. The van der Waals surface area contributed by atoms with E-state index in [2.05, 4.69) is 28.8 Å². The first-order valence-corrected chi connectivity index (χ1v) is 7.95. The van der Waals surface area contributed by atoms with Crippen LogP contribution in [-0.2, 0) is 6.42 Å². The topological polar surface area (TPSA) is 41.1 Å². The number of fused-ring (bicyclic) bond motifs is 1. The summed E-state index contributed by atoms with van der Waals surface area (Å²) >= 11 is 11.8. The van der Waals surface area contributed by atoms with Gasteiger partial charge in [-0.25, -0.2) is 0 Å². The summed E-state index contributed by atoms with van der Waals surface area (Å²) < 4.78 is 0. The maximum Gasteiger partial charge on any atom is 0.251 e. The lowest BCUT2D eigenvalue weighted by atomic mass is 9.94. The lowest BCUT2D eigenvalue weighted by Gasteiger charge is -2.27. The molecule has 0 radical (unpaired) electrons. The fourth-order valence-electron chi connectivity index (χ4n) is 2.71. The van der Waals surface area contributed by atoms with E-state index in [9.17, 15) is 4.79 Å². The summed E-state index contributed by atoms with van der Waals surface area (Å²) in [6.45, 7) is 1.46. The third-order valence-electron chi connectivity index (χ3n) is 3.86. The van der Waals surface area contributed by atoms with Crippen molar-refractivity contribution in [3.63, 3.8) is 0 Å². The van der Waals surface area contributed by atoms with E-state index in [0.717, 1.165) is 13.0 Å². The van der Waals surface area contributed by atoms with E-state index in [1.165, 1.54) is 11.1 Å². The Morgan fingerprint density at radius 1 is 1.18 bits per heavy atom. The predicted molar refractivity (Wildman–Crippen MR) is 89.7 cm³/mol. The molecule has 1 aliphatic heterocycles. The maximum atomic E-state index is 12.2. The number of carbonyl (C=O) groups excluding carboxylic acids is 1. The first-order chi connectivity index (χ1) is 10.6. The molecule has 0 spiro atoms. The van der Waals surface area contributed by atoms with Crippen LogP contribution in [0.25, 0.3) is 0 Å². The van der Waals surface area contributed by atoms with Gasteiger partial charge in [-0.15, -0.1) is 0 Å². The van der Waals surface area contributed by atoms with Crippen molar-refractivity contribution in [3.8, 4) is 0 Å². The molecule has 3 rings (SSSR count). The van der Waals surface area contributed by atoms with Crippen LogP contribution in [0.4, 0.5) is 0 Å². The van der Waals surface area contributed by atoms with Crippen LogP contribution in [0.2, 0.25) is 10.0 Å². The highest BCUT2D eigenvalue weighted by atomic mass is 35.5. The fraction of sp³-hybridized carbons (Fsp3) is 0.235. The van der Waals surface area contributed by atoms with Gasteiger partial charge in [-0.3, -0.25) is 4.79 Å². The second kappa shape index (κ2) is 6.69. The van der Waals surface area contributed by atoms with E-state index < -0.39 is 0 Å². The van der Waals surface area contributed by atoms with Crippen molar-refractivity contribution in [1.82, 2.24) is 10.6 Å². The van der Waals surface area contributed by atoms with Crippen LogP contribution in [0.5, 0.6) is 0 Å².